The van der Waals surface area contributed by atoms with Gasteiger partial charge >= 0.3 is 5.97 Å². The minimum absolute atomic E-state index is 0.00908. The Balaban J connectivity index is 1.96. The SMILES string of the molecule is O=C(OC1CCCCCC1)c1ccc([N+](=O)[O-])cc1. The predicted octanol–water partition coefficient (Wildman–Crippen LogP) is 3.47. The number of carbonyl (C=O) groups excluding carboxylic acids is 1. The van der Waals surface area contributed by atoms with Gasteiger partial charge in [-0.25, -0.2) is 4.79 Å². The molecule has 0 heterocycles. The fourth-order valence-electron chi connectivity index (χ4n) is 2.30. The average Bonchev–Trinajstić information content (AvgIpc) is 2.67. The van der Waals surface area contributed by atoms with Gasteiger partial charge in [0.25, 0.3) is 5.69 Å². The summed E-state index contributed by atoms with van der Waals surface area (Å²) in [5.41, 5.74) is 0.348. The molecule has 0 atom stereocenters. The third-order valence-corrected chi connectivity index (χ3v) is 3.39. The molecule has 0 saturated heterocycles. The zero-order chi connectivity index (χ0) is 13.7. The Morgan fingerprint density at radius 2 is 1.68 bits per heavy atom. The molecule has 1 aliphatic carbocycles. The van der Waals surface area contributed by atoms with Crippen LogP contribution in [0, 0.1) is 10.1 Å². The average molecular weight is 263 g/mol. The monoisotopic (exact) mass is 263 g/mol. The number of benzene rings is 1. The van der Waals surface area contributed by atoms with Gasteiger partial charge in [0, 0.05) is 12.1 Å². The van der Waals surface area contributed by atoms with E-state index < -0.39 is 4.92 Å². The highest BCUT2D eigenvalue weighted by molar-refractivity contribution is 5.89. The first kappa shape index (κ1) is 13.5. The number of hydrogen-bond acceptors (Lipinski definition) is 4. The summed E-state index contributed by atoms with van der Waals surface area (Å²) in [6.45, 7) is 0. The summed E-state index contributed by atoms with van der Waals surface area (Å²) in [6.07, 6.45) is 6.41. The zero-order valence-corrected chi connectivity index (χ0v) is 10.7. The van der Waals surface area contributed by atoms with Crippen LogP contribution in [0.3, 0.4) is 0 Å². The van der Waals surface area contributed by atoms with Crippen LogP contribution < -0.4 is 0 Å². The van der Waals surface area contributed by atoms with Gasteiger partial charge in [-0.2, -0.15) is 0 Å². The molecular formula is C14H17NO4. The van der Waals surface area contributed by atoms with Crippen LogP contribution in [0.2, 0.25) is 0 Å². The Kier molecular flexibility index (Phi) is 4.49. The number of ether oxygens (including phenoxy) is 1. The smallest absolute Gasteiger partial charge is 0.338 e. The maximum absolute atomic E-state index is 11.9. The first-order valence-corrected chi connectivity index (χ1v) is 6.62. The summed E-state index contributed by atoms with van der Waals surface area (Å²) >= 11 is 0. The topological polar surface area (TPSA) is 69.4 Å². The second kappa shape index (κ2) is 6.31. The molecule has 1 fully saturated rings. The maximum atomic E-state index is 11.9. The Morgan fingerprint density at radius 1 is 1.11 bits per heavy atom. The molecule has 102 valence electrons. The maximum Gasteiger partial charge on any atom is 0.338 e. The molecule has 0 N–H and O–H groups in total. The molecule has 0 unspecified atom stereocenters. The van der Waals surface area contributed by atoms with Gasteiger partial charge in [0.15, 0.2) is 0 Å². The van der Waals surface area contributed by atoms with E-state index in [-0.39, 0.29) is 17.8 Å². The van der Waals surface area contributed by atoms with Crippen molar-refractivity contribution in [3.05, 3.63) is 39.9 Å². The van der Waals surface area contributed by atoms with Crippen LogP contribution in [-0.4, -0.2) is 17.0 Å². The second-order valence-corrected chi connectivity index (χ2v) is 4.82. The molecule has 0 amide bonds. The molecule has 0 spiro atoms. The summed E-state index contributed by atoms with van der Waals surface area (Å²) in [5, 5.41) is 10.5. The molecule has 0 aliphatic heterocycles. The van der Waals surface area contributed by atoms with Gasteiger partial charge in [-0.1, -0.05) is 12.8 Å². The molecular weight excluding hydrogens is 246 g/mol. The summed E-state index contributed by atoms with van der Waals surface area (Å²) < 4.78 is 5.45. The number of esters is 1. The number of nitrogens with zero attached hydrogens (tertiary/aromatic N) is 1. The summed E-state index contributed by atoms with van der Waals surface area (Å²) in [7, 11) is 0. The summed E-state index contributed by atoms with van der Waals surface area (Å²) in [4.78, 5) is 22.0. The van der Waals surface area contributed by atoms with E-state index in [9.17, 15) is 14.9 Å². The molecule has 0 aromatic heterocycles. The van der Waals surface area contributed by atoms with E-state index in [0.717, 1.165) is 25.7 Å². The Labute approximate surface area is 111 Å². The number of carbonyl (C=O) groups is 1. The lowest BCUT2D eigenvalue weighted by molar-refractivity contribution is -0.384. The van der Waals surface area contributed by atoms with Crippen LogP contribution in [0.15, 0.2) is 24.3 Å². The third kappa shape index (κ3) is 3.77. The van der Waals surface area contributed by atoms with Crippen molar-refractivity contribution in [3.8, 4) is 0 Å². The standard InChI is InChI=1S/C14H17NO4/c16-14(19-13-5-3-1-2-4-6-13)11-7-9-12(10-8-11)15(17)18/h7-10,13H,1-6H2. The van der Waals surface area contributed by atoms with Gasteiger partial charge in [0.1, 0.15) is 6.10 Å². The van der Waals surface area contributed by atoms with Crippen molar-refractivity contribution in [2.45, 2.75) is 44.6 Å². The highest BCUT2D eigenvalue weighted by Gasteiger charge is 2.18. The lowest BCUT2D eigenvalue weighted by Crippen LogP contribution is -2.17. The van der Waals surface area contributed by atoms with Crippen LogP contribution in [0.4, 0.5) is 5.69 Å². The molecule has 1 aromatic rings. The molecule has 1 saturated carbocycles. The summed E-state index contributed by atoms with van der Waals surface area (Å²) in [6, 6.07) is 5.53. The minimum Gasteiger partial charge on any atom is -0.459 e. The predicted molar refractivity (Wildman–Crippen MR) is 70.0 cm³/mol. The Bertz CT molecular complexity index is 447. The molecule has 2 rings (SSSR count). The molecule has 19 heavy (non-hydrogen) atoms. The Morgan fingerprint density at radius 3 is 2.21 bits per heavy atom. The van der Waals surface area contributed by atoms with Gasteiger partial charge in [0.2, 0.25) is 0 Å². The number of nitro groups is 1. The lowest BCUT2D eigenvalue weighted by Gasteiger charge is -2.15. The molecule has 5 heteroatoms. The van der Waals surface area contributed by atoms with E-state index in [2.05, 4.69) is 0 Å². The van der Waals surface area contributed by atoms with Crippen molar-refractivity contribution in [2.24, 2.45) is 0 Å². The van der Waals surface area contributed by atoms with E-state index in [1.165, 1.54) is 37.1 Å². The number of rotatable bonds is 3. The highest BCUT2D eigenvalue weighted by Crippen LogP contribution is 2.21. The zero-order valence-electron chi connectivity index (χ0n) is 10.7. The first-order chi connectivity index (χ1) is 9.16. The third-order valence-electron chi connectivity index (χ3n) is 3.39. The van der Waals surface area contributed by atoms with Crippen LogP contribution in [0.1, 0.15) is 48.9 Å². The van der Waals surface area contributed by atoms with E-state index in [0.29, 0.717) is 5.56 Å². The van der Waals surface area contributed by atoms with Crippen LogP contribution >= 0.6 is 0 Å². The van der Waals surface area contributed by atoms with Crippen molar-refractivity contribution in [1.29, 1.82) is 0 Å². The van der Waals surface area contributed by atoms with E-state index in [4.69, 9.17) is 4.74 Å². The van der Waals surface area contributed by atoms with Crippen molar-refractivity contribution >= 4 is 11.7 Å². The molecule has 0 radical (unpaired) electrons. The normalized spacial score (nSPS) is 16.6. The van der Waals surface area contributed by atoms with Gasteiger partial charge in [-0.15, -0.1) is 0 Å². The minimum atomic E-state index is -0.486. The van der Waals surface area contributed by atoms with Gasteiger partial charge in [-0.05, 0) is 37.8 Å². The highest BCUT2D eigenvalue weighted by atomic mass is 16.6. The Hall–Kier alpha value is -1.91. The van der Waals surface area contributed by atoms with Crippen molar-refractivity contribution in [2.75, 3.05) is 0 Å². The molecule has 0 bridgehead atoms. The number of nitro benzene ring substituents is 1. The first-order valence-electron chi connectivity index (χ1n) is 6.62. The van der Waals surface area contributed by atoms with Crippen LogP contribution in [-0.2, 0) is 4.74 Å². The molecule has 1 aromatic carbocycles. The van der Waals surface area contributed by atoms with E-state index >= 15 is 0 Å². The van der Waals surface area contributed by atoms with Crippen LogP contribution in [0.25, 0.3) is 0 Å². The largest absolute Gasteiger partial charge is 0.459 e. The van der Waals surface area contributed by atoms with Crippen molar-refractivity contribution < 1.29 is 14.5 Å². The quantitative estimate of drug-likeness (QED) is 0.362. The van der Waals surface area contributed by atoms with Crippen molar-refractivity contribution in [3.63, 3.8) is 0 Å². The number of hydrogen-bond donors (Lipinski definition) is 0. The molecule has 1 aliphatic rings. The van der Waals surface area contributed by atoms with Crippen LogP contribution in [0.5, 0.6) is 0 Å². The van der Waals surface area contributed by atoms with Gasteiger partial charge in [-0.3, -0.25) is 10.1 Å². The number of non-ortho nitro benzene ring substituents is 1. The fraction of sp³-hybridized carbons (Fsp3) is 0.500. The summed E-state index contributed by atoms with van der Waals surface area (Å²) in [5.74, 6) is -0.387. The van der Waals surface area contributed by atoms with E-state index in [1.807, 2.05) is 0 Å². The van der Waals surface area contributed by atoms with Gasteiger partial charge < -0.3 is 4.74 Å². The van der Waals surface area contributed by atoms with E-state index in [1.54, 1.807) is 0 Å². The lowest BCUT2D eigenvalue weighted by atomic mass is 10.1. The second-order valence-electron chi connectivity index (χ2n) is 4.82. The van der Waals surface area contributed by atoms with Gasteiger partial charge in [0.05, 0.1) is 10.5 Å². The fourth-order valence-corrected chi connectivity index (χ4v) is 2.30. The molecule has 5 nitrogen and oxygen atoms in total. The van der Waals surface area contributed by atoms with Crippen molar-refractivity contribution in [1.82, 2.24) is 0 Å².